The van der Waals surface area contributed by atoms with Gasteiger partial charge in [-0.2, -0.15) is 5.26 Å². The van der Waals surface area contributed by atoms with Crippen LogP contribution in [0.5, 0.6) is 5.75 Å². The molecule has 0 aromatic heterocycles. The van der Waals surface area contributed by atoms with Gasteiger partial charge in [0.1, 0.15) is 17.4 Å². The van der Waals surface area contributed by atoms with Gasteiger partial charge in [-0.3, -0.25) is 4.79 Å². The Morgan fingerprint density at radius 1 is 1.30 bits per heavy atom. The maximum atomic E-state index is 12.6. The van der Waals surface area contributed by atoms with E-state index in [2.05, 4.69) is 5.32 Å². The molecule has 0 fully saturated rings. The second-order valence-electron chi connectivity index (χ2n) is 5.99. The number of nitrogens with one attached hydrogen (secondary N) is 1. The third kappa shape index (κ3) is 5.87. The summed E-state index contributed by atoms with van der Waals surface area (Å²) < 4.78 is 5.25. The molecule has 140 valence electrons. The monoisotopic (exact) mass is 365 g/mol. The molecule has 6 heteroatoms. The van der Waals surface area contributed by atoms with E-state index in [-0.39, 0.29) is 12.2 Å². The van der Waals surface area contributed by atoms with Crippen molar-refractivity contribution in [3.05, 3.63) is 71.4 Å². The van der Waals surface area contributed by atoms with Crippen molar-refractivity contribution in [2.45, 2.75) is 13.5 Å². The lowest BCUT2D eigenvalue weighted by Crippen LogP contribution is -2.24. The largest absolute Gasteiger partial charge is 0.495 e. The Morgan fingerprint density at radius 3 is 2.67 bits per heavy atom. The molecule has 2 N–H and O–H groups in total. The van der Waals surface area contributed by atoms with Crippen LogP contribution >= 0.6 is 0 Å². The number of hydrogen-bond acceptors (Lipinski definition) is 5. The number of aliphatic hydroxyl groups excluding tert-OH is 1. The van der Waals surface area contributed by atoms with Gasteiger partial charge < -0.3 is 20.1 Å². The van der Waals surface area contributed by atoms with E-state index in [1.807, 2.05) is 49.4 Å². The van der Waals surface area contributed by atoms with Crippen LogP contribution in [0.15, 0.2) is 60.3 Å². The van der Waals surface area contributed by atoms with Crippen LogP contribution in [0, 0.1) is 18.3 Å². The van der Waals surface area contributed by atoms with Crippen molar-refractivity contribution in [1.29, 1.82) is 5.26 Å². The number of carbonyl (C=O) groups excluding carboxylic acids is 1. The van der Waals surface area contributed by atoms with Gasteiger partial charge in [0.2, 0.25) is 0 Å². The lowest BCUT2D eigenvalue weighted by Gasteiger charge is -2.20. The summed E-state index contributed by atoms with van der Waals surface area (Å²) in [5.41, 5.74) is 2.42. The molecule has 0 saturated heterocycles. The van der Waals surface area contributed by atoms with Crippen LogP contribution in [0.25, 0.3) is 0 Å². The minimum Gasteiger partial charge on any atom is -0.495 e. The van der Waals surface area contributed by atoms with E-state index in [4.69, 9.17) is 4.74 Å². The summed E-state index contributed by atoms with van der Waals surface area (Å²) in [5.74, 6) is -0.0138. The molecule has 27 heavy (non-hydrogen) atoms. The average Bonchev–Trinajstić information content (AvgIpc) is 2.67. The molecule has 2 aromatic carbocycles. The highest BCUT2D eigenvalue weighted by atomic mass is 16.5. The second kappa shape index (κ2) is 10.00. The molecule has 0 atom stereocenters. The summed E-state index contributed by atoms with van der Waals surface area (Å²) >= 11 is 0. The molecule has 0 heterocycles. The SMILES string of the molecule is COc1ccc(C)cc1NC(=O)/C(C#N)=C\N(CCO)Cc1ccccc1. The zero-order chi connectivity index (χ0) is 19.6. The number of ether oxygens (including phenoxy) is 1. The standard InChI is InChI=1S/C21H23N3O3/c1-16-8-9-20(27-2)19(12-16)23-21(26)18(13-22)15-24(10-11-25)14-17-6-4-3-5-7-17/h3-9,12,15,25H,10-11,14H2,1-2H3,(H,23,26)/b18-15-. The van der Waals surface area contributed by atoms with E-state index in [9.17, 15) is 15.2 Å². The number of hydrogen-bond donors (Lipinski definition) is 2. The van der Waals surface area contributed by atoms with Crippen molar-refractivity contribution in [1.82, 2.24) is 4.90 Å². The first-order chi connectivity index (χ1) is 13.1. The third-order valence-corrected chi connectivity index (χ3v) is 3.90. The summed E-state index contributed by atoms with van der Waals surface area (Å²) in [6.07, 6.45) is 1.47. The van der Waals surface area contributed by atoms with Crippen molar-refractivity contribution in [3.63, 3.8) is 0 Å². The molecule has 6 nitrogen and oxygen atoms in total. The van der Waals surface area contributed by atoms with E-state index in [1.54, 1.807) is 17.0 Å². The molecule has 0 saturated carbocycles. The third-order valence-electron chi connectivity index (χ3n) is 3.90. The zero-order valence-electron chi connectivity index (χ0n) is 15.5. The molecular formula is C21H23N3O3. The topological polar surface area (TPSA) is 85.6 Å². The molecule has 0 aliphatic carbocycles. The first-order valence-electron chi connectivity index (χ1n) is 8.54. The first-order valence-corrected chi connectivity index (χ1v) is 8.54. The molecule has 0 unspecified atom stereocenters. The second-order valence-corrected chi connectivity index (χ2v) is 5.99. The summed E-state index contributed by atoms with van der Waals surface area (Å²) in [6, 6.07) is 17.0. The molecule has 0 spiro atoms. The molecule has 1 amide bonds. The van der Waals surface area contributed by atoms with Crippen LogP contribution in [-0.2, 0) is 11.3 Å². The smallest absolute Gasteiger partial charge is 0.267 e. The zero-order valence-corrected chi connectivity index (χ0v) is 15.5. The van der Waals surface area contributed by atoms with Crippen LogP contribution in [0.4, 0.5) is 5.69 Å². The Bertz CT molecular complexity index is 841. The van der Waals surface area contributed by atoms with Gasteiger partial charge >= 0.3 is 0 Å². The summed E-state index contributed by atoms with van der Waals surface area (Å²) in [5, 5.41) is 21.5. The quantitative estimate of drug-likeness (QED) is 0.555. The molecule has 2 aromatic rings. The number of rotatable bonds is 8. The van der Waals surface area contributed by atoms with Gasteiger partial charge in [-0.25, -0.2) is 0 Å². The fraction of sp³-hybridized carbons (Fsp3) is 0.238. The lowest BCUT2D eigenvalue weighted by atomic mass is 10.2. The number of anilines is 1. The average molecular weight is 365 g/mol. The summed E-state index contributed by atoms with van der Waals surface area (Å²) in [7, 11) is 1.52. The van der Waals surface area contributed by atoms with Gasteiger partial charge in [-0.05, 0) is 30.2 Å². The molecule has 0 aliphatic rings. The fourth-order valence-corrected chi connectivity index (χ4v) is 2.57. The number of amides is 1. The molecule has 0 aliphatic heterocycles. The van der Waals surface area contributed by atoms with Crippen LogP contribution < -0.4 is 10.1 Å². The number of nitrogens with zero attached hydrogens (tertiary/aromatic N) is 2. The van der Waals surface area contributed by atoms with E-state index in [0.29, 0.717) is 24.5 Å². The molecule has 0 radical (unpaired) electrons. The summed E-state index contributed by atoms with van der Waals surface area (Å²) in [6.45, 7) is 2.60. The van der Waals surface area contributed by atoms with E-state index in [0.717, 1.165) is 11.1 Å². The van der Waals surface area contributed by atoms with Gasteiger partial charge in [0.25, 0.3) is 5.91 Å². The van der Waals surface area contributed by atoms with Gasteiger partial charge in [0.05, 0.1) is 19.4 Å². The first kappa shape index (κ1) is 20.0. The molecule has 0 bridgehead atoms. The van der Waals surface area contributed by atoms with Crippen LogP contribution in [0.3, 0.4) is 0 Å². The highest BCUT2D eigenvalue weighted by Gasteiger charge is 2.14. The molecular weight excluding hydrogens is 342 g/mol. The minimum atomic E-state index is -0.530. The van der Waals surface area contributed by atoms with E-state index in [1.165, 1.54) is 13.3 Å². The van der Waals surface area contributed by atoms with E-state index >= 15 is 0 Å². The Balaban J connectivity index is 2.20. The van der Waals surface area contributed by atoms with Crippen molar-refractivity contribution in [2.24, 2.45) is 0 Å². The van der Waals surface area contributed by atoms with E-state index < -0.39 is 5.91 Å². The number of carbonyl (C=O) groups is 1. The Morgan fingerprint density at radius 2 is 2.04 bits per heavy atom. The van der Waals surface area contributed by atoms with Crippen molar-refractivity contribution >= 4 is 11.6 Å². The maximum Gasteiger partial charge on any atom is 0.267 e. The Hall–Kier alpha value is -3.30. The van der Waals surface area contributed by atoms with Crippen molar-refractivity contribution < 1.29 is 14.6 Å². The predicted molar refractivity (Wildman–Crippen MR) is 104 cm³/mol. The van der Waals surface area contributed by atoms with Crippen LogP contribution in [0.2, 0.25) is 0 Å². The highest BCUT2D eigenvalue weighted by Crippen LogP contribution is 2.25. The van der Waals surface area contributed by atoms with Gasteiger partial charge in [-0.15, -0.1) is 0 Å². The number of aryl methyl sites for hydroxylation is 1. The number of methoxy groups -OCH3 is 1. The van der Waals surface area contributed by atoms with Crippen molar-refractivity contribution in [2.75, 3.05) is 25.6 Å². The number of benzene rings is 2. The lowest BCUT2D eigenvalue weighted by molar-refractivity contribution is -0.112. The summed E-state index contributed by atoms with van der Waals surface area (Å²) in [4.78, 5) is 14.3. The predicted octanol–water partition coefficient (Wildman–Crippen LogP) is 2.84. The Labute approximate surface area is 159 Å². The number of nitriles is 1. The normalized spacial score (nSPS) is 10.8. The number of aliphatic hydroxyl groups is 1. The van der Waals surface area contributed by atoms with Gasteiger partial charge in [0.15, 0.2) is 0 Å². The maximum absolute atomic E-state index is 12.6. The minimum absolute atomic E-state index is 0.0528. The van der Waals surface area contributed by atoms with Crippen LogP contribution in [-0.4, -0.2) is 36.2 Å². The highest BCUT2D eigenvalue weighted by molar-refractivity contribution is 6.07. The fourth-order valence-electron chi connectivity index (χ4n) is 2.57. The van der Waals surface area contributed by atoms with Gasteiger partial charge in [0, 0.05) is 19.3 Å². The Kier molecular flexibility index (Phi) is 7.41. The van der Waals surface area contributed by atoms with Crippen molar-refractivity contribution in [3.8, 4) is 11.8 Å². The van der Waals surface area contributed by atoms with Gasteiger partial charge in [-0.1, -0.05) is 36.4 Å². The van der Waals surface area contributed by atoms with Crippen LogP contribution in [0.1, 0.15) is 11.1 Å². The molecule has 2 rings (SSSR count).